The summed E-state index contributed by atoms with van der Waals surface area (Å²) < 4.78 is 5.05. The maximum atomic E-state index is 11.0. The fraction of sp³-hybridized carbons (Fsp3) is 0.125. The lowest BCUT2D eigenvalue weighted by Crippen LogP contribution is -2.17. The van der Waals surface area contributed by atoms with Gasteiger partial charge >= 0.3 is 5.97 Å². The van der Waals surface area contributed by atoms with Crippen LogP contribution in [0.5, 0.6) is 0 Å². The van der Waals surface area contributed by atoms with Gasteiger partial charge in [-0.05, 0) is 22.0 Å². The summed E-state index contributed by atoms with van der Waals surface area (Å²) in [5.74, 6) is -0.611. The van der Waals surface area contributed by atoms with Crippen LogP contribution < -0.4 is 5.73 Å². The van der Waals surface area contributed by atoms with Crippen molar-refractivity contribution in [3.05, 3.63) is 22.3 Å². The Hall–Kier alpha value is -1.43. The molecule has 0 fully saturated rings. The van der Waals surface area contributed by atoms with Crippen molar-refractivity contribution in [2.45, 2.75) is 0 Å². The number of anilines is 1. The molecule has 1 rings (SSSR count). The molecule has 0 atom stereocenters. The number of carbonyl (C=O) groups is 1. The van der Waals surface area contributed by atoms with Gasteiger partial charge in [0.15, 0.2) is 5.71 Å². The Morgan fingerprint density at radius 3 is 2.93 bits per heavy atom. The first kappa shape index (κ1) is 10.6. The second-order valence-electron chi connectivity index (χ2n) is 2.45. The number of carbonyl (C=O) groups excluding carboxylic acids is 1. The number of ether oxygens (including phenoxy) is 1. The van der Waals surface area contributed by atoms with Gasteiger partial charge in [0.05, 0.1) is 12.7 Å². The molecule has 1 aromatic heterocycles. The summed E-state index contributed by atoms with van der Waals surface area (Å²) in [5.41, 5.74) is 5.45. The van der Waals surface area contributed by atoms with Crippen LogP contribution in [0.25, 0.3) is 0 Å². The van der Waals surface area contributed by atoms with Crippen molar-refractivity contribution in [1.82, 2.24) is 4.98 Å². The Kier molecular flexibility index (Phi) is 3.19. The van der Waals surface area contributed by atoms with Crippen LogP contribution in [0.1, 0.15) is 5.56 Å². The third-order valence-electron chi connectivity index (χ3n) is 1.54. The lowest BCUT2D eigenvalue weighted by atomic mass is 10.1. The van der Waals surface area contributed by atoms with E-state index in [1.807, 2.05) is 0 Å². The van der Waals surface area contributed by atoms with E-state index in [1.54, 1.807) is 6.07 Å². The molecular formula is C8H8BrN3O2. The first-order chi connectivity index (χ1) is 6.56. The number of nitrogens with one attached hydrogen (secondary N) is 1. The number of aromatic nitrogens is 1. The maximum absolute atomic E-state index is 11.0. The highest BCUT2D eigenvalue weighted by atomic mass is 79.9. The second-order valence-corrected chi connectivity index (χ2v) is 3.37. The average molecular weight is 258 g/mol. The molecule has 5 nitrogen and oxygen atoms in total. The Balaban J connectivity index is 3.12. The predicted octanol–water partition coefficient (Wildman–Crippen LogP) is 0.967. The molecule has 6 heteroatoms. The second kappa shape index (κ2) is 4.19. The maximum Gasteiger partial charge on any atom is 0.356 e. The van der Waals surface area contributed by atoms with Crippen LogP contribution in [0.2, 0.25) is 0 Å². The number of hydrogen-bond donors (Lipinski definition) is 2. The lowest BCUT2D eigenvalue weighted by molar-refractivity contribution is -0.132. The molecule has 0 saturated carbocycles. The number of nitrogens with zero attached hydrogens (tertiary/aromatic N) is 1. The molecule has 0 aliphatic carbocycles. The van der Waals surface area contributed by atoms with Gasteiger partial charge in [0.2, 0.25) is 0 Å². The molecule has 74 valence electrons. The Labute approximate surface area is 88.9 Å². The lowest BCUT2D eigenvalue weighted by Gasteiger charge is -2.04. The van der Waals surface area contributed by atoms with Crippen molar-refractivity contribution < 1.29 is 9.53 Å². The van der Waals surface area contributed by atoms with Crippen molar-refractivity contribution in [3.8, 4) is 0 Å². The zero-order chi connectivity index (χ0) is 10.7. The highest BCUT2D eigenvalue weighted by Crippen LogP contribution is 2.16. The quantitative estimate of drug-likeness (QED) is 0.611. The van der Waals surface area contributed by atoms with Crippen molar-refractivity contribution in [2.24, 2.45) is 0 Å². The van der Waals surface area contributed by atoms with Crippen molar-refractivity contribution in [2.75, 3.05) is 12.8 Å². The van der Waals surface area contributed by atoms with Gasteiger partial charge in [0.25, 0.3) is 0 Å². The fourth-order valence-corrected chi connectivity index (χ4v) is 1.19. The van der Waals surface area contributed by atoms with Crippen LogP contribution in [0.3, 0.4) is 0 Å². The Bertz CT molecular complexity index is 392. The van der Waals surface area contributed by atoms with Gasteiger partial charge < -0.3 is 10.5 Å². The molecule has 0 radical (unpaired) electrons. The number of hydrogen-bond acceptors (Lipinski definition) is 5. The van der Waals surface area contributed by atoms with Gasteiger partial charge in [0, 0.05) is 10.7 Å². The number of halogens is 1. The minimum atomic E-state index is -0.739. The summed E-state index contributed by atoms with van der Waals surface area (Å²) in [4.78, 5) is 14.8. The summed E-state index contributed by atoms with van der Waals surface area (Å²) in [6.45, 7) is 0. The molecule has 0 aliphatic rings. The molecule has 0 aromatic carbocycles. The number of methoxy groups -OCH3 is 1. The largest absolute Gasteiger partial charge is 0.464 e. The number of pyridine rings is 1. The zero-order valence-electron chi connectivity index (χ0n) is 7.37. The molecule has 14 heavy (non-hydrogen) atoms. The van der Waals surface area contributed by atoms with E-state index in [1.165, 1.54) is 13.3 Å². The van der Waals surface area contributed by atoms with E-state index < -0.39 is 5.97 Å². The van der Waals surface area contributed by atoms with Crippen LogP contribution >= 0.6 is 15.9 Å². The molecule has 0 aliphatic heterocycles. The Morgan fingerprint density at radius 2 is 2.36 bits per heavy atom. The van der Waals surface area contributed by atoms with E-state index >= 15 is 0 Å². The highest BCUT2D eigenvalue weighted by molar-refractivity contribution is 9.10. The third kappa shape index (κ3) is 2.08. The average Bonchev–Trinajstić information content (AvgIpc) is 2.19. The summed E-state index contributed by atoms with van der Waals surface area (Å²) in [6, 6.07) is 1.54. The van der Waals surface area contributed by atoms with Crippen LogP contribution in [0, 0.1) is 5.41 Å². The van der Waals surface area contributed by atoms with Crippen LogP contribution in [-0.4, -0.2) is 23.8 Å². The zero-order valence-corrected chi connectivity index (χ0v) is 8.96. The number of nitrogen functional groups attached to an aromatic ring is 1. The molecule has 0 amide bonds. The van der Waals surface area contributed by atoms with E-state index in [2.05, 4.69) is 25.7 Å². The monoisotopic (exact) mass is 257 g/mol. The van der Waals surface area contributed by atoms with Gasteiger partial charge in [-0.25, -0.2) is 9.78 Å². The van der Waals surface area contributed by atoms with Gasteiger partial charge in [-0.1, -0.05) is 0 Å². The van der Waals surface area contributed by atoms with Crippen LogP contribution in [0.4, 0.5) is 5.82 Å². The minimum absolute atomic E-state index is 0.128. The first-order valence-electron chi connectivity index (χ1n) is 3.64. The van der Waals surface area contributed by atoms with Gasteiger partial charge in [-0.3, -0.25) is 5.41 Å². The van der Waals surface area contributed by atoms with E-state index in [4.69, 9.17) is 11.1 Å². The SMILES string of the molecule is COC(=O)C(=N)c1cc(Br)cnc1N. The number of nitrogens with two attached hydrogens (primary N) is 1. The van der Waals surface area contributed by atoms with Gasteiger partial charge in [0.1, 0.15) is 5.82 Å². The predicted molar refractivity (Wildman–Crippen MR) is 55.2 cm³/mol. The van der Waals surface area contributed by atoms with Gasteiger partial charge in [-0.15, -0.1) is 0 Å². The minimum Gasteiger partial charge on any atom is -0.464 e. The smallest absolute Gasteiger partial charge is 0.356 e. The van der Waals surface area contributed by atoms with Crippen molar-refractivity contribution in [3.63, 3.8) is 0 Å². The highest BCUT2D eigenvalue weighted by Gasteiger charge is 2.15. The fourth-order valence-electron chi connectivity index (χ4n) is 0.862. The standard InChI is InChI=1S/C8H8BrN3O2/c1-14-8(13)6(10)5-2-4(9)3-12-7(5)11/h2-3,10H,1H3,(H2,11,12). The van der Waals surface area contributed by atoms with E-state index in [0.717, 1.165) is 0 Å². The van der Waals surface area contributed by atoms with Crippen molar-refractivity contribution in [1.29, 1.82) is 5.41 Å². The summed E-state index contributed by atoms with van der Waals surface area (Å²) >= 11 is 3.17. The Morgan fingerprint density at radius 1 is 1.71 bits per heavy atom. The van der Waals surface area contributed by atoms with Crippen molar-refractivity contribution >= 4 is 33.4 Å². The summed E-state index contributed by atoms with van der Waals surface area (Å²) in [7, 11) is 1.21. The van der Waals surface area contributed by atoms with Crippen LogP contribution in [-0.2, 0) is 9.53 Å². The molecule has 0 spiro atoms. The summed E-state index contributed by atoms with van der Waals surface area (Å²) in [6.07, 6.45) is 1.49. The molecule has 1 aromatic rings. The molecule has 0 bridgehead atoms. The van der Waals surface area contributed by atoms with E-state index in [0.29, 0.717) is 4.47 Å². The molecule has 1 heterocycles. The molecule has 3 N–H and O–H groups in total. The van der Waals surface area contributed by atoms with Gasteiger partial charge in [-0.2, -0.15) is 0 Å². The van der Waals surface area contributed by atoms with Crippen LogP contribution in [0.15, 0.2) is 16.7 Å². The first-order valence-corrected chi connectivity index (χ1v) is 4.43. The number of esters is 1. The topological polar surface area (TPSA) is 89.1 Å². The van der Waals surface area contributed by atoms with E-state index in [-0.39, 0.29) is 17.1 Å². The van der Waals surface area contributed by atoms with E-state index in [9.17, 15) is 4.79 Å². The molecule has 0 saturated heterocycles. The number of rotatable bonds is 2. The summed E-state index contributed by atoms with van der Waals surface area (Å²) in [5, 5.41) is 7.46. The molecular weight excluding hydrogens is 250 g/mol. The molecule has 0 unspecified atom stereocenters. The third-order valence-corrected chi connectivity index (χ3v) is 1.98. The normalized spacial score (nSPS) is 9.57.